The number of sulfonamides is 1. The zero-order chi connectivity index (χ0) is 22.1. The van der Waals surface area contributed by atoms with Gasteiger partial charge in [-0.05, 0) is 61.7 Å². The van der Waals surface area contributed by atoms with Gasteiger partial charge in [0.05, 0.1) is 11.9 Å². The third-order valence-electron chi connectivity index (χ3n) is 4.96. The number of aryl methyl sites for hydroxylation is 1. The summed E-state index contributed by atoms with van der Waals surface area (Å²) < 4.78 is 26.3. The van der Waals surface area contributed by atoms with Gasteiger partial charge in [0.1, 0.15) is 0 Å². The number of anilines is 2. The first-order valence-corrected chi connectivity index (χ1v) is 12.2. The fourth-order valence-electron chi connectivity index (χ4n) is 3.58. The van der Waals surface area contributed by atoms with Crippen LogP contribution in [0.2, 0.25) is 0 Å². The molecule has 1 aliphatic rings. The first-order chi connectivity index (χ1) is 14.1. The standard InChI is InChI=1S/C21H24BrN3O4S/c1-13-4-6-17(22)12-18(13)24-20(26)8-9-23-21(27)15-5-7-19-16(11-15)10-14(2)25(19)30(3,28)29/h4-7,11-12,14H,8-10H2,1-3H3,(H,23,27)(H,24,26). The lowest BCUT2D eigenvalue weighted by molar-refractivity contribution is -0.116. The van der Waals surface area contributed by atoms with Crippen molar-refractivity contribution in [1.82, 2.24) is 5.32 Å². The maximum absolute atomic E-state index is 12.5. The number of benzene rings is 2. The molecular weight excluding hydrogens is 470 g/mol. The van der Waals surface area contributed by atoms with Crippen LogP contribution in [0.1, 0.15) is 34.8 Å². The van der Waals surface area contributed by atoms with Crippen molar-refractivity contribution in [2.45, 2.75) is 32.7 Å². The molecule has 3 rings (SSSR count). The summed E-state index contributed by atoms with van der Waals surface area (Å²) in [5.41, 5.74) is 3.56. The van der Waals surface area contributed by atoms with Crippen LogP contribution in [0.5, 0.6) is 0 Å². The summed E-state index contributed by atoms with van der Waals surface area (Å²) in [6, 6.07) is 10.4. The van der Waals surface area contributed by atoms with Crippen molar-refractivity contribution in [3.63, 3.8) is 0 Å². The number of hydrogen-bond acceptors (Lipinski definition) is 4. The second kappa shape index (κ2) is 8.77. The number of carbonyl (C=O) groups excluding carboxylic acids is 2. The van der Waals surface area contributed by atoms with Gasteiger partial charge in [-0.15, -0.1) is 0 Å². The third-order valence-corrected chi connectivity index (χ3v) is 6.73. The summed E-state index contributed by atoms with van der Waals surface area (Å²) in [4.78, 5) is 24.6. The molecule has 0 saturated carbocycles. The van der Waals surface area contributed by atoms with Crippen LogP contribution in [0.25, 0.3) is 0 Å². The van der Waals surface area contributed by atoms with Crippen LogP contribution < -0.4 is 14.9 Å². The molecule has 160 valence electrons. The maximum atomic E-state index is 12.5. The zero-order valence-corrected chi connectivity index (χ0v) is 19.4. The Hall–Kier alpha value is -2.39. The average molecular weight is 494 g/mol. The highest BCUT2D eigenvalue weighted by Crippen LogP contribution is 2.34. The third kappa shape index (κ3) is 5.02. The van der Waals surface area contributed by atoms with Crippen molar-refractivity contribution in [2.75, 3.05) is 22.4 Å². The van der Waals surface area contributed by atoms with E-state index in [0.717, 1.165) is 21.3 Å². The summed E-state index contributed by atoms with van der Waals surface area (Å²) >= 11 is 3.38. The van der Waals surface area contributed by atoms with E-state index in [1.807, 2.05) is 32.0 Å². The predicted octanol–water partition coefficient (Wildman–Crippen LogP) is 3.23. The fourth-order valence-corrected chi connectivity index (χ4v) is 5.21. The van der Waals surface area contributed by atoms with E-state index >= 15 is 0 Å². The van der Waals surface area contributed by atoms with Crippen molar-refractivity contribution < 1.29 is 18.0 Å². The average Bonchev–Trinajstić information content (AvgIpc) is 2.99. The van der Waals surface area contributed by atoms with E-state index in [9.17, 15) is 18.0 Å². The number of rotatable bonds is 6. The lowest BCUT2D eigenvalue weighted by atomic mass is 10.1. The van der Waals surface area contributed by atoms with Crippen molar-refractivity contribution in [1.29, 1.82) is 0 Å². The molecule has 9 heteroatoms. The van der Waals surface area contributed by atoms with E-state index in [1.54, 1.807) is 18.2 Å². The van der Waals surface area contributed by atoms with E-state index in [2.05, 4.69) is 26.6 Å². The smallest absolute Gasteiger partial charge is 0.251 e. The molecule has 7 nitrogen and oxygen atoms in total. The Bertz CT molecular complexity index is 1100. The summed E-state index contributed by atoms with van der Waals surface area (Å²) in [5.74, 6) is -0.488. The number of nitrogens with one attached hydrogen (secondary N) is 2. The quantitative estimate of drug-likeness (QED) is 0.645. The van der Waals surface area contributed by atoms with Gasteiger partial charge in [0.15, 0.2) is 0 Å². The fraction of sp³-hybridized carbons (Fsp3) is 0.333. The number of halogens is 1. The molecule has 1 atom stereocenters. The van der Waals surface area contributed by atoms with Crippen LogP contribution in [0, 0.1) is 6.92 Å². The molecule has 2 aromatic carbocycles. The molecule has 1 aliphatic heterocycles. The normalized spacial score (nSPS) is 15.6. The largest absolute Gasteiger partial charge is 0.352 e. The zero-order valence-electron chi connectivity index (χ0n) is 17.0. The SMILES string of the molecule is Cc1ccc(Br)cc1NC(=O)CCNC(=O)c1ccc2c(c1)CC(C)N2S(C)(=O)=O. The molecule has 0 bridgehead atoms. The first-order valence-electron chi connectivity index (χ1n) is 9.53. The summed E-state index contributed by atoms with van der Waals surface area (Å²) in [6.07, 6.45) is 1.87. The van der Waals surface area contributed by atoms with Crippen LogP contribution >= 0.6 is 15.9 Å². The molecule has 0 aliphatic carbocycles. The second-order valence-corrected chi connectivity index (χ2v) is 10.2. The summed E-state index contributed by atoms with van der Waals surface area (Å²) in [5, 5.41) is 5.58. The van der Waals surface area contributed by atoms with Gasteiger partial charge in [0, 0.05) is 34.7 Å². The Morgan fingerprint density at radius 1 is 1.20 bits per heavy atom. The van der Waals surface area contributed by atoms with Gasteiger partial charge < -0.3 is 10.6 Å². The van der Waals surface area contributed by atoms with E-state index in [4.69, 9.17) is 0 Å². The molecule has 0 radical (unpaired) electrons. The summed E-state index contributed by atoms with van der Waals surface area (Å²) in [7, 11) is -3.37. The maximum Gasteiger partial charge on any atom is 0.251 e. The first kappa shape index (κ1) is 22.3. The molecule has 2 aromatic rings. The van der Waals surface area contributed by atoms with Gasteiger partial charge in [-0.25, -0.2) is 8.42 Å². The topological polar surface area (TPSA) is 95.6 Å². The highest BCUT2D eigenvalue weighted by Gasteiger charge is 2.32. The minimum atomic E-state index is -3.37. The molecule has 30 heavy (non-hydrogen) atoms. The van der Waals surface area contributed by atoms with Gasteiger partial charge in [-0.3, -0.25) is 13.9 Å². The van der Waals surface area contributed by atoms with Gasteiger partial charge in [0.2, 0.25) is 15.9 Å². The molecule has 0 fully saturated rings. The van der Waals surface area contributed by atoms with Crippen molar-refractivity contribution in [2.24, 2.45) is 0 Å². The van der Waals surface area contributed by atoms with Gasteiger partial charge >= 0.3 is 0 Å². The highest BCUT2D eigenvalue weighted by molar-refractivity contribution is 9.10. The van der Waals surface area contributed by atoms with E-state index in [1.165, 1.54) is 10.6 Å². The molecule has 0 saturated heterocycles. The van der Waals surface area contributed by atoms with Gasteiger partial charge in [-0.2, -0.15) is 0 Å². The minimum absolute atomic E-state index is 0.140. The molecule has 2 amide bonds. The lowest BCUT2D eigenvalue weighted by Crippen LogP contribution is -2.34. The van der Waals surface area contributed by atoms with Gasteiger partial charge in [-0.1, -0.05) is 22.0 Å². The van der Waals surface area contributed by atoms with Crippen molar-refractivity contribution >= 4 is 49.1 Å². The second-order valence-electron chi connectivity index (χ2n) is 7.47. The minimum Gasteiger partial charge on any atom is -0.352 e. The molecule has 2 N–H and O–H groups in total. The van der Waals surface area contributed by atoms with Crippen LogP contribution in [-0.4, -0.2) is 39.1 Å². The highest BCUT2D eigenvalue weighted by atomic mass is 79.9. The monoisotopic (exact) mass is 493 g/mol. The molecular formula is C21H24BrN3O4S. The Kier molecular flexibility index (Phi) is 6.52. The Morgan fingerprint density at radius 3 is 2.63 bits per heavy atom. The van der Waals surface area contributed by atoms with Crippen molar-refractivity contribution in [3.8, 4) is 0 Å². The molecule has 0 aromatic heterocycles. The van der Waals surface area contributed by atoms with Crippen LogP contribution in [0.4, 0.5) is 11.4 Å². The molecule has 0 spiro atoms. The van der Waals surface area contributed by atoms with Crippen LogP contribution in [0.15, 0.2) is 40.9 Å². The number of fused-ring (bicyclic) bond motifs is 1. The van der Waals surface area contributed by atoms with E-state index < -0.39 is 10.0 Å². The molecule has 1 unspecified atom stereocenters. The number of nitrogens with zero attached hydrogens (tertiary/aromatic N) is 1. The Labute approximate surface area is 185 Å². The number of hydrogen-bond donors (Lipinski definition) is 2. The molecule has 1 heterocycles. The van der Waals surface area contributed by atoms with Gasteiger partial charge in [0.25, 0.3) is 5.91 Å². The van der Waals surface area contributed by atoms with Crippen LogP contribution in [0.3, 0.4) is 0 Å². The lowest BCUT2D eigenvalue weighted by Gasteiger charge is -2.21. The summed E-state index contributed by atoms with van der Waals surface area (Å²) in [6.45, 7) is 3.94. The Balaban J connectivity index is 1.58. The van der Waals surface area contributed by atoms with Crippen LogP contribution in [-0.2, 0) is 21.2 Å². The number of amides is 2. The number of carbonyl (C=O) groups is 2. The van der Waals surface area contributed by atoms with E-state index in [0.29, 0.717) is 17.7 Å². The predicted molar refractivity (Wildman–Crippen MR) is 121 cm³/mol. The van der Waals surface area contributed by atoms with Crippen molar-refractivity contribution in [3.05, 3.63) is 57.6 Å². The Morgan fingerprint density at radius 2 is 1.93 bits per heavy atom. The van der Waals surface area contributed by atoms with E-state index in [-0.39, 0.29) is 30.8 Å².